The summed E-state index contributed by atoms with van der Waals surface area (Å²) in [6, 6.07) is 13.1. The number of benzene rings is 2. The van der Waals surface area contributed by atoms with Gasteiger partial charge in [0.2, 0.25) is 5.91 Å². The van der Waals surface area contributed by atoms with Crippen molar-refractivity contribution in [2.75, 3.05) is 5.75 Å². The fourth-order valence-corrected chi connectivity index (χ4v) is 4.03. The van der Waals surface area contributed by atoms with Gasteiger partial charge >= 0.3 is 0 Å². The molecule has 4 heteroatoms. The number of halogens is 1. The molecular formula is C21H24FNOS. The molecule has 3 rings (SSSR count). The zero-order chi connectivity index (χ0) is 17.6. The molecule has 0 radical (unpaired) electrons. The Morgan fingerprint density at radius 3 is 2.60 bits per heavy atom. The minimum atomic E-state index is -0.231. The van der Waals surface area contributed by atoms with Crippen molar-refractivity contribution >= 4 is 17.7 Å². The summed E-state index contributed by atoms with van der Waals surface area (Å²) in [5.74, 6) is 0.927. The minimum Gasteiger partial charge on any atom is -0.349 e. The molecule has 0 bridgehead atoms. The van der Waals surface area contributed by atoms with Crippen LogP contribution in [-0.4, -0.2) is 11.7 Å². The maximum Gasteiger partial charge on any atom is 0.230 e. The van der Waals surface area contributed by atoms with Crippen LogP contribution in [0, 0.1) is 5.82 Å². The first-order chi connectivity index (χ1) is 12.1. The van der Waals surface area contributed by atoms with Crippen LogP contribution in [0.5, 0.6) is 0 Å². The van der Waals surface area contributed by atoms with E-state index in [1.807, 2.05) is 6.92 Å². The van der Waals surface area contributed by atoms with Gasteiger partial charge in [-0.05, 0) is 67.0 Å². The van der Waals surface area contributed by atoms with Crippen molar-refractivity contribution < 1.29 is 9.18 Å². The van der Waals surface area contributed by atoms with Crippen LogP contribution in [0.25, 0.3) is 0 Å². The number of thioether (sulfide) groups is 1. The average Bonchev–Trinajstić information content (AvgIpc) is 2.63. The molecule has 2 aromatic rings. The quantitative estimate of drug-likeness (QED) is 0.803. The number of hydrogen-bond acceptors (Lipinski definition) is 2. The van der Waals surface area contributed by atoms with Gasteiger partial charge in [-0.15, -0.1) is 11.8 Å². The lowest BCUT2D eigenvalue weighted by Crippen LogP contribution is -2.28. The zero-order valence-corrected chi connectivity index (χ0v) is 15.4. The van der Waals surface area contributed by atoms with Crippen molar-refractivity contribution in [2.45, 2.75) is 44.4 Å². The number of carbonyl (C=O) groups excluding carboxylic acids is 1. The maximum absolute atomic E-state index is 12.9. The van der Waals surface area contributed by atoms with Crippen molar-refractivity contribution in [2.24, 2.45) is 0 Å². The predicted molar refractivity (Wildman–Crippen MR) is 102 cm³/mol. The van der Waals surface area contributed by atoms with E-state index in [0.29, 0.717) is 11.5 Å². The largest absolute Gasteiger partial charge is 0.349 e. The van der Waals surface area contributed by atoms with Crippen molar-refractivity contribution in [1.29, 1.82) is 0 Å². The third-order valence-electron chi connectivity index (χ3n) is 4.67. The highest BCUT2D eigenvalue weighted by atomic mass is 32.2. The molecule has 0 heterocycles. The highest BCUT2D eigenvalue weighted by molar-refractivity contribution is 7.99. The lowest BCUT2D eigenvalue weighted by atomic mass is 9.89. The van der Waals surface area contributed by atoms with Crippen molar-refractivity contribution in [3.63, 3.8) is 0 Å². The Kier molecular flexibility index (Phi) is 6.14. The SMILES string of the molecule is CC(NC(=O)CSCc1ccc(F)cc1)c1ccc2c(c1)CCCC2. The Labute approximate surface area is 153 Å². The van der Waals surface area contributed by atoms with E-state index in [9.17, 15) is 9.18 Å². The number of aryl methyl sites for hydroxylation is 2. The Bertz CT molecular complexity index is 729. The lowest BCUT2D eigenvalue weighted by Gasteiger charge is -2.20. The fourth-order valence-electron chi connectivity index (χ4n) is 3.23. The van der Waals surface area contributed by atoms with E-state index in [1.54, 1.807) is 23.9 Å². The summed E-state index contributed by atoms with van der Waals surface area (Å²) in [6.45, 7) is 2.03. The van der Waals surface area contributed by atoms with Crippen LogP contribution in [0.4, 0.5) is 4.39 Å². The molecule has 1 amide bonds. The molecule has 2 aromatic carbocycles. The molecule has 25 heavy (non-hydrogen) atoms. The molecule has 0 aromatic heterocycles. The number of rotatable bonds is 6. The molecule has 132 valence electrons. The number of fused-ring (bicyclic) bond motifs is 1. The number of amides is 1. The molecule has 2 nitrogen and oxygen atoms in total. The highest BCUT2D eigenvalue weighted by Crippen LogP contribution is 2.25. The molecule has 1 N–H and O–H groups in total. The molecule has 0 spiro atoms. The summed E-state index contributed by atoms with van der Waals surface area (Å²) in [7, 11) is 0. The molecule has 1 aliphatic rings. The second-order valence-electron chi connectivity index (χ2n) is 6.64. The minimum absolute atomic E-state index is 0.0196. The van der Waals surface area contributed by atoms with E-state index in [2.05, 4.69) is 23.5 Å². The van der Waals surface area contributed by atoms with E-state index in [4.69, 9.17) is 0 Å². The van der Waals surface area contributed by atoms with E-state index >= 15 is 0 Å². The average molecular weight is 357 g/mol. The molecule has 1 aliphatic carbocycles. The van der Waals surface area contributed by atoms with Crippen molar-refractivity contribution in [1.82, 2.24) is 5.32 Å². The van der Waals surface area contributed by atoms with E-state index in [0.717, 1.165) is 12.0 Å². The van der Waals surface area contributed by atoms with Crippen LogP contribution in [0.3, 0.4) is 0 Å². The topological polar surface area (TPSA) is 29.1 Å². The van der Waals surface area contributed by atoms with Gasteiger partial charge in [0.15, 0.2) is 0 Å². The second-order valence-corrected chi connectivity index (χ2v) is 7.63. The van der Waals surface area contributed by atoms with Gasteiger partial charge in [-0.3, -0.25) is 4.79 Å². The number of carbonyl (C=O) groups is 1. The number of hydrogen-bond donors (Lipinski definition) is 1. The maximum atomic E-state index is 12.9. The first kappa shape index (κ1) is 18.0. The van der Waals surface area contributed by atoms with E-state index < -0.39 is 0 Å². The summed E-state index contributed by atoms with van der Waals surface area (Å²) in [6.07, 6.45) is 4.87. The summed E-state index contributed by atoms with van der Waals surface area (Å²) in [4.78, 5) is 12.2. The normalized spacial score (nSPS) is 14.6. The van der Waals surface area contributed by atoms with E-state index in [1.165, 1.54) is 48.1 Å². The Balaban J connectivity index is 1.48. The van der Waals surface area contributed by atoms with Gasteiger partial charge in [-0.1, -0.05) is 30.3 Å². The Morgan fingerprint density at radius 1 is 1.12 bits per heavy atom. The highest BCUT2D eigenvalue weighted by Gasteiger charge is 2.14. The Hall–Kier alpha value is -1.81. The summed E-state index contributed by atoms with van der Waals surface area (Å²) >= 11 is 1.55. The third-order valence-corrected chi connectivity index (χ3v) is 5.67. The lowest BCUT2D eigenvalue weighted by molar-refractivity contribution is -0.119. The van der Waals surface area contributed by atoms with Gasteiger partial charge in [-0.25, -0.2) is 4.39 Å². The monoisotopic (exact) mass is 357 g/mol. The molecular weight excluding hydrogens is 333 g/mol. The number of nitrogens with one attached hydrogen (secondary N) is 1. The fraction of sp³-hybridized carbons (Fsp3) is 0.381. The molecule has 0 fully saturated rings. The smallest absolute Gasteiger partial charge is 0.230 e. The van der Waals surface area contributed by atoms with Gasteiger partial charge < -0.3 is 5.32 Å². The van der Waals surface area contributed by atoms with Crippen LogP contribution in [-0.2, 0) is 23.4 Å². The zero-order valence-electron chi connectivity index (χ0n) is 14.6. The summed E-state index contributed by atoms with van der Waals surface area (Å²) in [5, 5.41) is 3.08. The predicted octanol–water partition coefficient (Wildman–Crippen LogP) is 4.82. The third kappa shape index (κ3) is 5.08. The van der Waals surface area contributed by atoms with Crippen LogP contribution in [0.2, 0.25) is 0 Å². The van der Waals surface area contributed by atoms with Gasteiger partial charge in [0.05, 0.1) is 11.8 Å². The van der Waals surface area contributed by atoms with Gasteiger partial charge in [0, 0.05) is 5.75 Å². The standard InChI is InChI=1S/C21H24FNOS/c1-15(18-9-8-17-4-2-3-5-19(17)12-18)23-21(24)14-25-13-16-6-10-20(22)11-7-16/h6-12,15H,2-5,13-14H2,1H3,(H,23,24). The summed E-state index contributed by atoms with van der Waals surface area (Å²) < 4.78 is 12.9. The summed E-state index contributed by atoms with van der Waals surface area (Å²) in [5.41, 5.74) is 5.11. The molecule has 1 atom stereocenters. The van der Waals surface area contributed by atoms with Crippen LogP contribution >= 0.6 is 11.8 Å². The first-order valence-electron chi connectivity index (χ1n) is 8.85. The van der Waals surface area contributed by atoms with E-state index in [-0.39, 0.29) is 17.8 Å². The van der Waals surface area contributed by atoms with Gasteiger partial charge in [-0.2, -0.15) is 0 Å². The van der Waals surface area contributed by atoms with Gasteiger partial charge in [0.25, 0.3) is 0 Å². The second kappa shape index (κ2) is 8.52. The van der Waals surface area contributed by atoms with Crippen molar-refractivity contribution in [3.8, 4) is 0 Å². The molecule has 0 aliphatic heterocycles. The Morgan fingerprint density at radius 2 is 1.84 bits per heavy atom. The molecule has 0 saturated heterocycles. The molecule has 1 unspecified atom stereocenters. The first-order valence-corrected chi connectivity index (χ1v) is 10.0. The van der Waals surface area contributed by atoms with Gasteiger partial charge in [0.1, 0.15) is 5.82 Å². The van der Waals surface area contributed by atoms with Crippen LogP contribution in [0.15, 0.2) is 42.5 Å². The van der Waals surface area contributed by atoms with Crippen molar-refractivity contribution in [3.05, 3.63) is 70.5 Å². The van der Waals surface area contributed by atoms with Crippen LogP contribution in [0.1, 0.15) is 48.1 Å². The van der Waals surface area contributed by atoms with Crippen LogP contribution < -0.4 is 5.32 Å². The molecule has 0 saturated carbocycles.